The number of hydrogen-bond acceptors (Lipinski definition) is 3. The number of aliphatic imine (C=N–C) groups is 1. The average molecular weight is 201 g/mol. The van der Waals surface area contributed by atoms with Crippen molar-refractivity contribution in [3.8, 4) is 0 Å². The molecule has 0 N–H and O–H groups in total. The van der Waals surface area contributed by atoms with Crippen LogP contribution in [0.3, 0.4) is 0 Å². The van der Waals surface area contributed by atoms with Crippen LogP contribution in [0.2, 0.25) is 0 Å². The van der Waals surface area contributed by atoms with Gasteiger partial charge in [0.15, 0.2) is 0 Å². The van der Waals surface area contributed by atoms with Gasteiger partial charge in [0.25, 0.3) is 0 Å². The summed E-state index contributed by atoms with van der Waals surface area (Å²) in [7, 11) is 1.51. The van der Waals surface area contributed by atoms with E-state index in [-0.39, 0.29) is 0 Å². The Morgan fingerprint density at radius 3 is 3.13 bits per heavy atom. The van der Waals surface area contributed by atoms with Crippen LogP contribution in [0.15, 0.2) is 46.8 Å². The van der Waals surface area contributed by atoms with E-state index < -0.39 is 0 Å². The maximum atomic E-state index is 4.65. The summed E-state index contributed by atoms with van der Waals surface area (Å²) >= 11 is 0. The van der Waals surface area contributed by atoms with Gasteiger partial charge in [-0.3, -0.25) is 4.99 Å². The molecule has 0 bridgehead atoms. The monoisotopic (exact) mass is 201 g/mol. The first-order valence-corrected chi connectivity index (χ1v) is 4.55. The molecule has 1 aliphatic rings. The first kappa shape index (κ1) is 9.45. The van der Waals surface area contributed by atoms with E-state index in [0.29, 0.717) is 0 Å². The lowest BCUT2D eigenvalue weighted by atomic mass is 10.2. The molecule has 76 valence electrons. The van der Waals surface area contributed by atoms with Gasteiger partial charge in [0, 0.05) is 24.2 Å². The molecule has 0 aromatic heterocycles. The molecule has 1 heterocycles. The Bertz CT molecular complexity index is 424. The Morgan fingerprint density at radius 2 is 2.27 bits per heavy atom. The molecular formula is C11H11N3O. The number of para-hydroxylation sites is 1. The summed E-state index contributed by atoms with van der Waals surface area (Å²) in [4.78, 5) is 10.6. The highest BCUT2D eigenvalue weighted by Crippen LogP contribution is 2.19. The molecule has 1 aliphatic heterocycles. The molecular weight excluding hydrogens is 190 g/mol. The highest BCUT2D eigenvalue weighted by atomic mass is 16.6. The van der Waals surface area contributed by atoms with E-state index in [2.05, 4.69) is 15.0 Å². The zero-order chi connectivity index (χ0) is 10.5. The fraction of sp³-hybridized carbons (Fsp3) is 0.0909. The van der Waals surface area contributed by atoms with Gasteiger partial charge < -0.3 is 9.74 Å². The van der Waals surface area contributed by atoms with E-state index in [0.717, 1.165) is 11.3 Å². The van der Waals surface area contributed by atoms with Crippen LogP contribution in [0.1, 0.15) is 5.56 Å². The van der Waals surface area contributed by atoms with Crippen molar-refractivity contribution in [3.05, 3.63) is 42.2 Å². The van der Waals surface area contributed by atoms with Gasteiger partial charge in [-0.15, -0.1) is 0 Å². The highest BCUT2D eigenvalue weighted by molar-refractivity contribution is 5.95. The minimum atomic E-state index is 1.02. The van der Waals surface area contributed by atoms with E-state index in [1.54, 1.807) is 12.5 Å². The highest BCUT2D eigenvalue weighted by Gasteiger charge is 2.06. The van der Waals surface area contributed by atoms with Crippen molar-refractivity contribution in [2.45, 2.75) is 0 Å². The summed E-state index contributed by atoms with van der Waals surface area (Å²) in [6.07, 6.45) is 6.95. The Kier molecular flexibility index (Phi) is 2.78. The van der Waals surface area contributed by atoms with Crippen LogP contribution in [0.4, 0.5) is 5.69 Å². The second-order valence-corrected chi connectivity index (χ2v) is 2.95. The smallest absolute Gasteiger partial charge is 0.139 e. The van der Waals surface area contributed by atoms with Crippen LogP contribution in [0.5, 0.6) is 0 Å². The molecule has 0 fully saturated rings. The van der Waals surface area contributed by atoms with Crippen molar-refractivity contribution < 1.29 is 4.84 Å². The third kappa shape index (κ3) is 2.04. The molecule has 0 unspecified atom stereocenters. The Labute approximate surface area is 88.2 Å². The second-order valence-electron chi connectivity index (χ2n) is 2.95. The van der Waals surface area contributed by atoms with Crippen molar-refractivity contribution in [1.29, 1.82) is 0 Å². The fourth-order valence-electron chi connectivity index (χ4n) is 1.34. The van der Waals surface area contributed by atoms with Gasteiger partial charge in [-0.25, -0.2) is 0 Å². The molecule has 15 heavy (non-hydrogen) atoms. The van der Waals surface area contributed by atoms with Gasteiger partial charge >= 0.3 is 0 Å². The largest absolute Gasteiger partial charge is 0.398 e. The number of rotatable bonds is 2. The summed E-state index contributed by atoms with van der Waals surface area (Å²) in [5.74, 6) is 0. The number of benzene rings is 1. The third-order valence-electron chi connectivity index (χ3n) is 2.02. The van der Waals surface area contributed by atoms with Crippen LogP contribution >= 0.6 is 0 Å². The van der Waals surface area contributed by atoms with Crippen molar-refractivity contribution in [2.75, 3.05) is 12.0 Å². The zero-order valence-electron chi connectivity index (χ0n) is 8.37. The van der Waals surface area contributed by atoms with Gasteiger partial charge in [0.2, 0.25) is 0 Å². The molecule has 0 radical (unpaired) electrons. The lowest BCUT2D eigenvalue weighted by Gasteiger charge is -2.14. The number of nitrogens with zero attached hydrogens (tertiary/aromatic N) is 3. The van der Waals surface area contributed by atoms with Gasteiger partial charge in [-0.1, -0.05) is 23.4 Å². The SMILES string of the molecule is CON=CN1C=CN=Cc2ccccc21. The van der Waals surface area contributed by atoms with Gasteiger partial charge in [-0.2, -0.15) is 0 Å². The lowest BCUT2D eigenvalue weighted by molar-refractivity contribution is 0.215. The van der Waals surface area contributed by atoms with Crippen LogP contribution in [-0.2, 0) is 4.84 Å². The Hall–Kier alpha value is -2.10. The molecule has 0 saturated heterocycles. The zero-order valence-corrected chi connectivity index (χ0v) is 8.37. The topological polar surface area (TPSA) is 37.2 Å². The maximum absolute atomic E-state index is 4.65. The number of anilines is 1. The van der Waals surface area contributed by atoms with E-state index in [1.807, 2.05) is 41.6 Å². The summed E-state index contributed by atoms with van der Waals surface area (Å²) < 4.78 is 0. The molecule has 0 saturated carbocycles. The first-order valence-electron chi connectivity index (χ1n) is 4.55. The molecule has 0 spiro atoms. The van der Waals surface area contributed by atoms with Crippen molar-refractivity contribution in [2.24, 2.45) is 10.1 Å². The first-order chi connectivity index (χ1) is 7.42. The second kappa shape index (κ2) is 4.41. The maximum Gasteiger partial charge on any atom is 0.139 e. The quantitative estimate of drug-likeness (QED) is 0.417. The number of oxime groups is 1. The number of hydrogen-bond donors (Lipinski definition) is 0. The predicted octanol–water partition coefficient (Wildman–Crippen LogP) is 1.99. The number of fused-ring (bicyclic) bond motifs is 1. The Balaban J connectivity index is 2.39. The standard InChI is InChI=1S/C11H11N3O/c1-15-13-9-14-7-6-12-8-10-4-2-3-5-11(10)14/h2-9H,1H3. The Morgan fingerprint density at radius 1 is 1.40 bits per heavy atom. The summed E-state index contributed by atoms with van der Waals surface area (Å²) in [6, 6.07) is 7.94. The minimum Gasteiger partial charge on any atom is -0.398 e. The van der Waals surface area contributed by atoms with Crippen LogP contribution in [0, 0.1) is 0 Å². The van der Waals surface area contributed by atoms with E-state index in [4.69, 9.17) is 0 Å². The molecule has 0 amide bonds. The average Bonchev–Trinajstić information content (AvgIpc) is 2.49. The van der Waals surface area contributed by atoms with Crippen LogP contribution in [0.25, 0.3) is 0 Å². The summed E-state index contributed by atoms with van der Waals surface area (Å²) in [5.41, 5.74) is 2.07. The van der Waals surface area contributed by atoms with E-state index in [1.165, 1.54) is 7.11 Å². The van der Waals surface area contributed by atoms with Gasteiger partial charge in [0.1, 0.15) is 13.4 Å². The van der Waals surface area contributed by atoms with Crippen molar-refractivity contribution in [1.82, 2.24) is 0 Å². The molecule has 1 aromatic rings. The van der Waals surface area contributed by atoms with Crippen LogP contribution in [-0.4, -0.2) is 19.7 Å². The van der Waals surface area contributed by atoms with Gasteiger partial charge in [-0.05, 0) is 6.07 Å². The molecule has 1 aromatic carbocycles. The lowest BCUT2D eigenvalue weighted by Crippen LogP contribution is -2.14. The normalized spacial score (nSPS) is 14.1. The van der Waals surface area contributed by atoms with Crippen LogP contribution < -0.4 is 4.90 Å². The van der Waals surface area contributed by atoms with E-state index >= 15 is 0 Å². The van der Waals surface area contributed by atoms with Gasteiger partial charge in [0.05, 0.1) is 5.69 Å². The minimum absolute atomic E-state index is 1.02. The molecule has 0 aliphatic carbocycles. The molecule has 0 atom stereocenters. The third-order valence-corrected chi connectivity index (χ3v) is 2.02. The van der Waals surface area contributed by atoms with Crippen molar-refractivity contribution in [3.63, 3.8) is 0 Å². The summed E-state index contributed by atoms with van der Waals surface area (Å²) in [5, 5.41) is 3.73. The molecule has 4 heteroatoms. The predicted molar refractivity (Wildman–Crippen MR) is 61.2 cm³/mol. The molecule has 4 nitrogen and oxygen atoms in total. The van der Waals surface area contributed by atoms with E-state index in [9.17, 15) is 0 Å². The summed E-state index contributed by atoms with van der Waals surface area (Å²) in [6.45, 7) is 0. The fourth-order valence-corrected chi connectivity index (χ4v) is 1.34. The van der Waals surface area contributed by atoms with Crippen molar-refractivity contribution >= 4 is 18.2 Å². The molecule has 2 rings (SSSR count).